The van der Waals surface area contributed by atoms with E-state index in [1.165, 1.54) is 13.8 Å². The Morgan fingerprint density at radius 1 is 0.857 bits per heavy atom. The fourth-order valence-corrected chi connectivity index (χ4v) is 7.38. The normalized spacial score (nSPS) is 19.0. The van der Waals surface area contributed by atoms with Crippen molar-refractivity contribution in [2.45, 2.75) is 89.9 Å². The summed E-state index contributed by atoms with van der Waals surface area (Å²) in [7, 11) is 0. The van der Waals surface area contributed by atoms with Crippen molar-refractivity contribution in [2.75, 3.05) is 11.4 Å². The van der Waals surface area contributed by atoms with Gasteiger partial charge in [0, 0.05) is 38.9 Å². The summed E-state index contributed by atoms with van der Waals surface area (Å²) < 4.78 is 0. The van der Waals surface area contributed by atoms with Crippen LogP contribution >= 0.6 is 0 Å². The van der Waals surface area contributed by atoms with E-state index in [1.807, 2.05) is 60.7 Å². The number of carbonyl (C=O) groups excluding carboxylic acids is 4. The minimum absolute atomic E-state index is 0.0602. The topological polar surface area (TPSA) is 136 Å². The van der Waals surface area contributed by atoms with Crippen LogP contribution in [0.5, 0.6) is 0 Å². The molecule has 2 aliphatic rings. The van der Waals surface area contributed by atoms with Crippen LogP contribution in [-0.2, 0) is 43.2 Å². The Hall–Kier alpha value is -4.99. The van der Waals surface area contributed by atoms with Crippen molar-refractivity contribution in [3.05, 3.63) is 102 Å². The molecule has 1 saturated carbocycles. The average Bonchev–Trinajstić information content (AvgIpc) is 3.67. The van der Waals surface area contributed by atoms with Crippen LogP contribution in [0.1, 0.15) is 69.1 Å². The van der Waals surface area contributed by atoms with Gasteiger partial charge < -0.3 is 20.6 Å². The monoisotopic (exact) mass is 666 g/mol. The van der Waals surface area contributed by atoms with Crippen LogP contribution in [0.15, 0.2) is 84.9 Å². The van der Waals surface area contributed by atoms with Crippen molar-refractivity contribution in [3.63, 3.8) is 0 Å². The van der Waals surface area contributed by atoms with Crippen LogP contribution in [0.3, 0.4) is 0 Å². The number of carbonyl (C=O) groups is 5. The molecule has 1 aliphatic carbocycles. The lowest BCUT2D eigenvalue weighted by Crippen LogP contribution is -2.49. The molecule has 0 aromatic heterocycles. The summed E-state index contributed by atoms with van der Waals surface area (Å²) in [5, 5.41) is 15.6. The zero-order valence-corrected chi connectivity index (χ0v) is 28.3. The Bertz CT molecular complexity index is 1620. The highest BCUT2D eigenvalue weighted by molar-refractivity contribution is 6.03. The van der Waals surface area contributed by atoms with Gasteiger partial charge in [-0.1, -0.05) is 85.6 Å². The van der Waals surface area contributed by atoms with Gasteiger partial charge in [0.1, 0.15) is 18.2 Å². The molecule has 1 saturated heterocycles. The van der Waals surface area contributed by atoms with E-state index in [1.54, 1.807) is 34.1 Å². The number of aryl methyl sites for hydroxylation is 1. The second-order valence-electron chi connectivity index (χ2n) is 13.3. The molecule has 3 aromatic rings. The number of carboxylic acids is 1. The van der Waals surface area contributed by atoms with Crippen LogP contribution in [0.2, 0.25) is 0 Å². The van der Waals surface area contributed by atoms with Crippen molar-refractivity contribution in [1.29, 1.82) is 0 Å². The van der Waals surface area contributed by atoms with E-state index in [9.17, 15) is 29.1 Å². The van der Waals surface area contributed by atoms with Crippen molar-refractivity contribution in [1.82, 2.24) is 15.5 Å². The van der Waals surface area contributed by atoms with Crippen LogP contribution in [0, 0.1) is 5.41 Å². The van der Waals surface area contributed by atoms with E-state index in [2.05, 4.69) is 10.6 Å². The first kappa shape index (κ1) is 35.3. The van der Waals surface area contributed by atoms with E-state index >= 15 is 0 Å². The molecule has 10 heteroatoms. The number of rotatable bonds is 14. The second kappa shape index (κ2) is 15.9. The van der Waals surface area contributed by atoms with Gasteiger partial charge in [0.15, 0.2) is 0 Å². The smallest absolute Gasteiger partial charge is 0.326 e. The number of nitrogens with zero attached hydrogens (tertiary/aromatic N) is 2. The lowest BCUT2D eigenvalue weighted by molar-refractivity contribution is -0.144. The summed E-state index contributed by atoms with van der Waals surface area (Å²) in [6.45, 7) is 3.29. The van der Waals surface area contributed by atoms with E-state index < -0.39 is 29.6 Å². The van der Waals surface area contributed by atoms with Crippen LogP contribution in [0.25, 0.3) is 0 Å². The molecule has 258 valence electrons. The summed E-state index contributed by atoms with van der Waals surface area (Å²) in [4.78, 5) is 68.0. The third kappa shape index (κ3) is 8.54. The van der Waals surface area contributed by atoms with Gasteiger partial charge in [-0.2, -0.15) is 0 Å². The molecule has 10 nitrogen and oxygen atoms in total. The molecule has 49 heavy (non-hydrogen) atoms. The van der Waals surface area contributed by atoms with Gasteiger partial charge in [-0.15, -0.1) is 0 Å². The molecule has 1 heterocycles. The fourth-order valence-electron chi connectivity index (χ4n) is 7.38. The van der Waals surface area contributed by atoms with Gasteiger partial charge in [-0.25, -0.2) is 4.79 Å². The highest BCUT2D eigenvalue weighted by atomic mass is 16.4. The number of benzene rings is 3. The molecule has 2 unspecified atom stereocenters. The molecular formula is C39H46N4O6. The van der Waals surface area contributed by atoms with Gasteiger partial charge >= 0.3 is 5.97 Å². The third-order valence-electron chi connectivity index (χ3n) is 9.92. The zero-order chi connectivity index (χ0) is 35.0. The maximum absolute atomic E-state index is 14.2. The van der Waals surface area contributed by atoms with Crippen molar-refractivity contribution >= 4 is 35.3 Å². The van der Waals surface area contributed by atoms with Gasteiger partial charge in [-0.3, -0.25) is 24.1 Å². The molecule has 0 radical (unpaired) electrons. The molecule has 2 fully saturated rings. The number of anilines is 1. The Labute approximate surface area is 287 Å². The molecule has 4 amide bonds. The number of carboxylic acid groups (broad SMARTS) is 1. The minimum atomic E-state index is -1.15. The molecule has 3 N–H and O–H groups in total. The highest BCUT2D eigenvalue weighted by Crippen LogP contribution is 2.41. The van der Waals surface area contributed by atoms with Crippen molar-refractivity contribution < 1.29 is 29.1 Å². The van der Waals surface area contributed by atoms with Gasteiger partial charge in [0.2, 0.25) is 17.7 Å². The van der Waals surface area contributed by atoms with Crippen LogP contribution < -0.4 is 15.5 Å². The standard InChI is InChI=1S/C39H46N4O6/c1-27(44)40-24-23-39(21-9-10-22-39)38(49)41-33(37(47)48)25-31-15-18-32(19-16-31)43-35(20-17-29-11-5-3-6-12-29)42(28(2)45)34(36(43)46)26-30-13-7-4-8-14-30/h3-8,11-16,18-19,33-35H,9-10,17,20-26H2,1-2H3,(H,40,44)(H,41,49)(H,47,48)/t33?,34-,35?/m1/s1. The van der Waals surface area contributed by atoms with E-state index in [4.69, 9.17) is 0 Å². The molecule has 0 bridgehead atoms. The predicted molar refractivity (Wildman–Crippen MR) is 186 cm³/mol. The number of nitrogens with one attached hydrogen (secondary N) is 2. The lowest BCUT2D eigenvalue weighted by atomic mass is 9.81. The van der Waals surface area contributed by atoms with E-state index in [0.29, 0.717) is 56.3 Å². The summed E-state index contributed by atoms with van der Waals surface area (Å²) in [6.07, 6.45) is 4.67. The van der Waals surface area contributed by atoms with Gasteiger partial charge in [-0.05, 0) is 60.9 Å². The Kier molecular flexibility index (Phi) is 11.5. The third-order valence-corrected chi connectivity index (χ3v) is 9.92. The second-order valence-corrected chi connectivity index (χ2v) is 13.3. The SMILES string of the molecule is CC(=O)NCCC1(C(=O)NC(Cc2ccc(N3C(=O)[C@@H](Cc4ccccc4)N(C(C)=O)C3CCc3ccccc3)cc2)C(=O)O)CCCC1. The Morgan fingerprint density at radius 2 is 1.47 bits per heavy atom. The van der Waals surface area contributed by atoms with Crippen molar-refractivity contribution in [2.24, 2.45) is 5.41 Å². The van der Waals surface area contributed by atoms with E-state index in [0.717, 1.165) is 24.0 Å². The summed E-state index contributed by atoms with van der Waals surface area (Å²) in [5.74, 6) is -1.94. The van der Waals surface area contributed by atoms with E-state index in [-0.39, 0.29) is 30.0 Å². The summed E-state index contributed by atoms with van der Waals surface area (Å²) >= 11 is 0. The number of hydrogen-bond acceptors (Lipinski definition) is 5. The maximum Gasteiger partial charge on any atom is 0.326 e. The molecule has 1 aliphatic heterocycles. The first-order chi connectivity index (χ1) is 23.6. The van der Waals surface area contributed by atoms with Gasteiger partial charge in [0.25, 0.3) is 5.91 Å². The fraction of sp³-hybridized carbons (Fsp3) is 0.410. The molecular weight excluding hydrogens is 620 g/mol. The summed E-state index contributed by atoms with van der Waals surface area (Å²) in [5.41, 5.74) is 2.67. The van der Waals surface area contributed by atoms with Crippen LogP contribution in [0.4, 0.5) is 5.69 Å². The van der Waals surface area contributed by atoms with Gasteiger partial charge in [0.05, 0.1) is 5.41 Å². The average molecular weight is 667 g/mol. The quantitative estimate of drug-likeness (QED) is 0.229. The molecule has 3 atom stereocenters. The number of hydrogen-bond donors (Lipinski definition) is 3. The number of amides is 4. The highest BCUT2D eigenvalue weighted by Gasteiger charge is 2.47. The molecule has 3 aromatic carbocycles. The zero-order valence-electron chi connectivity index (χ0n) is 28.3. The predicted octanol–water partition coefficient (Wildman–Crippen LogP) is 4.65. The number of aliphatic carboxylic acids is 1. The van der Waals surface area contributed by atoms with Crippen LogP contribution in [-0.4, -0.2) is 64.4 Å². The minimum Gasteiger partial charge on any atom is -0.480 e. The Balaban J connectivity index is 1.35. The maximum atomic E-state index is 14.2. The largest absolute Gasteiger partial charge is 0.480 e. The summed E-state index contributed by atoms with van der Waals surface area (Å²) in [6, 6.07) is 25.0. The van der Waals surface area contributed by atoms with Crippen molar-refractivity contribution in [3.8, 4) is 0 Å². The lowest BCUT2D eigenvalue weighted by Gasteiger charge is -2.31. The molecule has 5 rings (SSSR count). The Morgan fingerprint density at radius 3 is 2.04 bits per heavy atom. The molecule has 0 spiro atoms. The first-order valence-electron chi connectivity index (χ1n) is 17.1. The first-order valence-corrected chi connectivity index (χ1v) is 17.1.